The van der Waals surface area contributed by atoms with Crippen molar-refractivity contribution in [2.75, 3.05) is 11.4 Å². The first kappa shape index (κ1) is 14.4. The molecular weight excluding hydrogens is 310 g/mol. The Morgan fingerprint density at radius 2 is 1.96 bits per heavy atom. The lowest BCUT2D eigenvalue weighted by Gasteiger charge is -2.41. The number of benzene rings is 1. The number of rotatable bonds is 3. The lowest BCUT2D eigenvalue weighted by molar-refractivity contribution is -0.122. The zero-order chi connectivity index (χ0) is 15.8. The van der Waals surface area contributed by atoms with Gasteiger partial charge in [0.15, 0.2) is 0 Å². The summed E-state index contributed by atoms with van der Waals surface area (Å²) in [5.74, 6) is -0.147. The summed E-state index contributed by atoms with van der Waals surface area (Å²) in [5, 5.41) is 5.26. The maximum Gasteiger partial charge on any atom is 0.332 e. The highest BCUT2D eigenvalue weighted by molar-refractivity contribution is 7.09. The van der Waals surface area contributed by atoms with Crippen molar-refractivity contribution in [1.29, 1.82) is 0 Å². The van der Waals surface area contributed by atoms with Crippen molar-refractivity contribution in [3.8, 4) is 0 Å². The van der Waals surface area contributed by atoms with Gasteiger partial charge >= 0.3 is 6.03 Å². The van der Waals surface area contributed by atoms with Gasteiger partial charge in [0.1, 0.15) is 6.04 Å². The highest BCUT2D eigenvalue weighted by atomic mass is 32.1. The van der Waals surface area contributed by atoms with E-state index in [1.165, 1.54) is 4.90 Å². The molecule has 23 heavy (non-hydrogen) atoms. The third-order valence-electron chi connectivity index (χ3n) is 4.43. The Morgan fingerprint density at radius 3 is 2.70 bits per heavy atom. The molecule has 0 aliphatic carbocycles. The van der Waals surface area contributed by atoms with Crippen LogP contribution in [0.3, 0.4) is 0 Å². The zero-order valence-corrected chi connectivity index (χ0v) is 13.3. The Balaban J connectivity index is 1.70. The van der Waals surface area contributed by atoms with Crippen LogP contribution in [0.25, 0.3) is 0 Å². The van der Waals surface area contributed by atoms with E-state index in [4.69, 9.17) is 0 Å². The Kier molecular flexibility index (Phi) is 3.63. The van der Waals surface area contributed by atoms with Crippen molar-refractivity contribution in [3.63, 3.8) is 0 Å². The summed E-state index contributed by atoms with van der Waals surface area (Å²) in [4.78, 5) is 30.1. The second-order valence-electron chi connectivity index (χ2n) is 5.79. The molecule has 6 heteroatoms. The van der Waals surface area contributed by atoms with Gasteiger partial charge in [-0.05, 0) is 36.5 Å². The van der Waals surface area contributed by atoms with Crippen LogP contribution in [0.15, 0.2) is 47.8 Å². The molecule has 2 unspecified atom stereocenters. The van der Waals surface area contributed by atoms with Crippen LogP contribution < -0.4 is 10.2 Å². The highest BCUT2D eigenvalue weighted by Crippen LogP contribution is 2.30. The maximum atomic E-state index is 13.0. The molecule has 3 heterocycles. The maximum absolute atomic E-state index is 13.0. The van der Waals surface area contributed by atoms with E-state index in [-0.39, 0.29) is 24.0 Å². The molecule has 2 aliphatic heterocycles. The lowest BCUT2D eigenvalue weighted by Crippen LogP contribution is -2.64. The van der Waals surface area contributed by atoms with Crippen molar-refractivity contribution < 1.29 is 9.59 Å². The number of nitrogens with one attached hydrogen (secondary N) is 1. The largest absolute Gasteiger partial charge is 0.332 e. The quantitative estimate of drug-likeness (QED) is 0.942. The predicted molar refractivity (Wildman–Crippen MR) is 89.4 cm³/mol. The highest BCUT2D eigenvalue weighted by Gasteiger charge is 2.48. The van der Waals surface area contributed by atoms with Gasteiger partial charge in [0.2, 0.25) is 0 Å². The van der Waals surface area contributed by atoms with Crippen molar-refractivity contribution in [2.45, 2.75) is 25.0 Å². The van der Waals surface area contributed by atoms with E-state index in [0.29, 0.717) is 12.2 Å². The molecule has 118 valence electrons. The van der Waals surface area contributed by atoms with Crippen molar-refractivity contribution in [2.24, 2.45) is 0 Å². The lowest BCUT2D eigenvalue weighted by atomic mass is 10.0. The normalized spacial score (nSPS) is 24.2. The number of para-hydroxylation sites is 1. The molecule has 1 aromatic carbocycles. The fourth-order valence-electron chi connectivity index (χ4n) is 3.35. The van der Waals surface area contributed by atoms with Gasteiger partial charge in [0.05, 0.1) is 18.3 Å². The summed E-state index contributed by atoms with van der Waals surface area (Å²) in [6, 6.07) is 12.6. The molecule has 2 aromatic rings. The molecule has 2 saturated heterocycles. The molecule has 1 N–H and O–H groups in total. The van der Waals surface area contributed by atoms with Gasteiger partial charge in [-0.2, -0.15) is 0 Å². The third kappa shape index (κ3) is 2.44. The molecule has 5 nitrogen and oxygen atoms in total. The summed E-state index contributed by atoms with van der Waals surface area (Å²) < 4.78 is 0. The van der Waals surface area contributed by atoms with E-state index < -0.39 is 0 Å². The fourth-order valence-corrected chi connectivity index (χ4v) is 4.05. The summed E-state index contributed by atoms with van der Waals surface area (Å²) in [7, 11) is 0. The van der Waals surface area contributed by atoms with E-state index in [2.05, 4.69) is 5.32 Å². The Hall–Kier alpha value is -2.18. The SMILES string of the molecule is O=C1C2NCCC2N(Cc2cccs2)C(=O)N1c1ccccc1. The van der Waals surface area contributed by atoms with E-state index in [1.54, 1.807) is 23.5 Å². The first-order chi connectivity index (χ1) is 11.3. The minimum atomic E-state index is -0.312. The number of fused-ring (bicyclic) bond motifs is 1. The van der Waals surface area contributed by atoms with Crippen LogP contribution in [0.5, 0.6) is 0 Å². The number of hydrogen-bond donors (Lipinski definition) is 1. The minimum Gasteiger partial charge on any atom is -0.314 e. The number of amides is 3. The number of imide groups is 1. The molecule has 2 fully saturated rings. The molecule has 0 saturated carbocycles. The Bertz CT molecular complexity index is 717. The van der Waals surface area contributed by atoms with Crippen LogP contribution in [0.1, 0.15) is 11.3 Å². The van der Waals surface area contributed by atoms with Gasteiger partial charge in [0.25, 0.3) is 5.91 Å². The number of nitrogens with zero attached hydrogens (tertiary/aromatic N) is 2. The molecule has 1 aromatic heterocycles. The summed E-state index contributed by atoms with van der Waals surface area (Å²) in [6.45, 7) is 1.31. The number of anilines is 1. The summed E-state index contributed by atoms with van der Waals surface area (Å²) in [5.41, 5.74) is 0.630. The third-order valence-corrected chi connectivity index (χ3v) is 5.29. The van der Waals surface area contributed by atoms with Crippen molar-refractivity contribution in [3.05, 3.63) is 52.7 Å². The van der Waals surface area contributed by atoms with Crippen LogP contribution >= 0.6 is 11.3 Å². The molecule has 2 aliphatic rings. The number of carbonyl (C=O) groups excluding carboxylic acids is 2. The summed E-state index contributed by atoms with van der Waals surface area (Å²) >= 11 is 1.63. The van der Waals surface area contributed by atoms with Crippen molar-refractivity contribution in [1.82, 2.24) is 10.2 Å². The molecular formula is C17H17N3O2S. The van der Waals surface area contributed by atoms with Gasteiger partial charge in [-0.3, -0.25) is 4.79 Å². The molecule has 3 amide bonds. The molecule has 0 spiro atoms. The predicted octanol–water partition coefficient (Wildman–Crippen LogP) is 2.45. The van der Waals surface area contributed by atoms with Gasteiger partial charge in [-0.1, -0.05) is 24.3 Å². The number of urea groups is 1. The molecule has 4 rings (SSSR count). The van der Waals surface area contributed by atoms with E-state index in [0.717, 1.165) is 17.8 Å². The topological polar surface area (TPSA) is 52.7 Å². The van der Waals surface area contributed by atoms with Gasteiger partial charge in [0, 0.05) is 4.88 Å². The van der Waals surface area contributed by atoms with E-state index in [1.807, 2.05) is 40.6 Å². The van der Waals surface area contributed by atoms with Gasteiger partial charge in [-0.15, -0.1) is 11.3 Å². The monoisotopic (exact) mass is 327 g/mol. The van der Waals surface area contributed by atoms with Crippen LogP contribution in [0.4, 0.5) is 10.5 Å². The number of thiophene rings is 1. The van der Waals surface area contributed by atoms with Crippen LogP contribution in [-0.2, 0) is 11.3 Å². The first-order valence-corrected chi connectivity index (χ1v) is 8.59. The molecule has 2 atom stereocenters. The first-order valence-electron chi connectivity index (χ1n) is 7.71. The second kappa shape index (κ2) is 5.79. The van der Waals surface area contributed by atoms with Crippen LogP contribution in [0, 0.1) is 0 Å². The standard InChI is InChI=1S/C17H17N3O2S/c21-16-15-14(8-9-18-15)19(11-13-7-4-10-23-13)17(22)20(16)12-5-2-1-3-6-12/h1-7,10,14-15,18H,8-9,11H2. The van der Waals surface area contributed by atoms with Crippen LogP contribution in [-0.4, -0.2) is 35.5 Å². The second-order valence-corrected chi connectivity index (χ2v) is 6.82. The average Bonchev–Trinajstić information content (AvgIpc) is 3.24. The Labute approximate surface area is 138 Å². The number of carbonyl (C=O) groups is 2. The van der Waals surface area contributed by atoms with Gasteiger partial charge in [-0.25, -0.2) is 9.69 Å². The zero-order valence-electron chi connectivity index (χ0n) is 12.5. The average molecular weight is 327 g/mol. The smallest absolute Gasteiger partial charge is 0.314 e. The molecule has 0 radical (unpaired) electrons. The summed E-state index contributed by atoms with van der Waals surface area (Å²) in [6.07, 6.45) is 0.816. The van der Waals surface area contributed by atoms with E-state index >= 15 is 0 Å². The fraction of sp³-hybridized carbons (Fsp3) is 0.294. The molecule has 0 bridgehead atoms. The van der Waals surface area contributed by atoms with Gasteiger partial charge < -0.3 is 10.2 Å². The minimum absolute atomic E-state index is 0.0583. The Morgan fingerprint density at radius 1 is 1.13 bits per heavy atom. The van der Waals surface area contributed by atoms with Crippen LogP contribution in [0.2, 0.25) is 0 Å². The number of hydrogen-bond acceptors (Lipinski definition) is 4. The van der Waals surface area contributed by atoms with Crippen molar-refractivity contribution >= 4 is 29.0 Å². The van der Waals surface area contributed by atoms with E-state index in [9.17, 15) is 9.59 Å².